The number of pyridine rings is 2. The van der Waals surface area contributed by atoms with E-state index in [0.717, 1.165) is 18.4 Å². The van der Waals surface area contributed by atoms with Crippen LogP contribution in [0.15, 0.2) is 73.3 Å². The summed E-state index contributed by atoms with van der Waals surface area (Å²) in [6.07, 6.45) is 9.43. The molecular weight excluding hydrogens is 404 g/mol. The largest absolute Gasteiger partial charge is 0.454 e. The van der Waals surface area contributed by atoms with E-state index in [1.165, 1.54) is 0 Å². The zero-order valence-corrected chi connectivity index (χ0v) is 17.8. The van der Waals surface area contributed by atoms with Crippen molar-refractivity contribution in [2.45, 2.75) is 25.7 Å². The Morgan fingerprint density at radius 1 is 1.03 bits per heavy atom. The first kappa shape index (κ1) is 21.5. The fraction of sp³-hybridized carbons (Fsp3) is 0.280. The molecule has 32 heavy (non-hydrogen) atoms. The molecule has 7 nitrogen and oxygen atoms in total. The van der Waals surface area contributed by atoms with Gasteiger partial charge in [-0.2, -0.15) is 0 Å². The average Bonchev–Trinajstić information content (AvgIpc) is 2.85. The Hall–Kier alpha value is -3.74. The number of benzene rings is 1. The number of hydrogen-bond donors (Lipinski definition) is 1. The maximum atomic E-state index is 13.0. The Kier molecular flexibility index (Phi) is 7.07. The van der Waals surface area contributed by atoms with Gasteiger partial charge in [-0.15, -0.1) is 0 Å². The molecule has 1 aromatic carbocycles. The molecule has 1 N–H and O–H groups in total. The number of rotatable bonds is 7. The van der Waals surface area contributed by atoms with Crippen LogP contribution in [0.3, 0.4) is 0 Å². The Bertz CT molecular complexity index is 1040. The predicted molar refractivity (Wildman–Crippen MR) is 121 cm³/mol. The summed E-state index contributed by atoms with van der Waals surface area (Å²) in [7, 11) is 0. The minimum Gasteiger partial charge on any atom is -0.454 e. The van der Waals surface area contributed by atoms with Crippen molar-refractivity contribution >= 4 is 17.5 Å². The molecule has 4 rings (SSSR count). The molecule has 1 atom stereocenters. The zero-order chi connectivity index (χ0) is 22.2. The molecule has 2 amide bonds. The van der Waals surface area contributed by atoms with E-state index in [2.05, 4.69) is 15.3 Å². The van der Waals surface area contributed by atoms with Crippen LogP contribution in [0.4, 0.5) is 5.69 Å². The Balaban J connectivity index is 1.35. The summed E-state index contributed by atoms with van der Waals surface area (Å²) in [6.45, 7) is 1.13. The third-order valence-electron chi connectivity index (χ3n) is 5.53. The van der Waals surface area contributed by atoms with Gasteiger partial charge in [0.2, 0.25) is 11.8 Å². The molecule has 7 heteroatoms. The Labute approximate surface area is 187 Å². The molecule has 3 aromatic rings. The first-order valence-corrected chi connectivity index (χ1v) is 10.8. The molecule has 164 valence electrons. The summed E-state index contributed by atoms with van der Waals surface area (Å²) in [6, 6.07) is 14.8. The highest BCUT2D eigenvalue weighted by atomic mass is 16.5. The normalized spacial score (nSPS) is 15.8. The molecule has 1 fully saturated rings. The Morgan fingerprint density at radius 3 is 2.69 bits per heavy atom. The lowest BCUT2D eigenvalue weighted by atomic mass is 9.96. The van der Waals surface area contributed by atoms with E-state index in [0.29, 0.717) is 43.1 Å². The maximum absolute atomic E-state index is 13.0. The summed E-state index contributed by atoms with van der Waals surface area (Å²) in [5.74, 6) is 0.881. The van der Waals surface area contributed by atoms with Crippen molar-refractivity contribution in [1.29, 1.82) is 0 Å². The average molecular weight is 431 g/mol. The minimum absolute atomic E-state index is 0.0830. The highest BCUT2D eigenvalue weighted by Crippen LogP contribution is 2.30. The van der Waals surface area contributed by atoms with Gasteiger partial charge in [-0.25, -0.2) is 0 Å². The van der Waals surface area contributed by atoms with Crippen molar-refractivity contribution in [1.82, 2.24) is 14.9 Å². The number of ether oxygens (including phenoxy) is 1. The minimum atomic E-state index is -0.250. The fourth-order valence-electron chi connectivity index (χ4n) is 3.80. The van der Waals surface area contributed by atoms with E-state index in [1.54, 1.807) is 36.9 Å². The molecule has 0 aliphatic carbocycles. The summed E-state index contributed by atoms with van der Waals surface area (Å²) in [5.41, 5.74) is 1.69. The van der Waals surface area contributed by atoms with Crippen molar-refractivity contribution < 1.29 is 14.3 Å². The number of nitrogens with one attached hydrogen (secondary N) is 1. The summed E-state index contributed by atoms with van der Waals surface area (Å²) < 4.78 is 5.88. The van der Waals surface area contributed by atoms with Gasteiger partial charge < -0.3 is 15.0 Å². The number of aromatic nitrogens is 2. The van der Waals surface area contributed by atoms with Crippen molar-refractivity contribution in [2.75, 3.05) is 18.4 Å². The zero-order valence-electron chi connectivity index (χ0n) is 17.8. The van der Waals surface area contributed by atoms with Gasteiger partial charge in [-0.05, 0) is 61.2 Å². The molecule has 1 unspecified atom stereocenters. The van der Waals surface area contributed by atoms with Gasteiger partial charge in [0.05, 0.1) is 17.8 Å². The number of anilines is 1. The standard InChI is InChI=1S/C25H26N4O3/c30-24(10-9-19-11-14-26-15-12-19)29-16-4-5-20(18-29)25(31)28-22-7-1-2-8-23(22)32-21-6-3-13-27-17-21/h1-3,6-8,11-15,17,20H,4-5,9-10,16,18H2,(H,28,31). The summed E-state index contributed by atoms with van der Waals surface area (Å²) in [4.78, 5) is 35.6. The molecule has 0 spiro atoms. The second-order valence-electron chi connectivity index (χ2n) is 7.81. The number of piperidine rings is 1. The van der Waals surface area contributed by atoms with Crippen LogP contribution in [0.5, 0.6) is 11.5 Å². The highest BCUT2D eigenvalue weighted by molar-refractivity contribution is 5.94. The number of para-hydroxylation sites is 2. The van der Waals surface area contributed by atoms with Crippen LogP contribution in [-0.4, -0.2) is 39.8 Å². The van der Waals surface area contributed by atoms with Crippen molar-refractivity contribution in [3.8, 4) is 11.5 Å². The van der Waals surface area contributed by atoms with E-state index in [4.69, 9.17) is 4.74 Å². The number of hydrogen-bond acceptors (Lipinski definition) is 5. The molecule has 2 aromatic heterocycles. The highest BCUT2D eigenvalue weighted by Gasteiger charge is 2.28. The first-order chi connectivity index (χ1) is 15.7. The van der Waals surface area contributed by atoms with Gasteiger partial charge in [-0.3, -0.25) is 19.6 Å². The monoisotopic (exact) mass is 430 g/mol. The third kappa shape index (κ3) is 5.69. The topological polar surface area (TPSA) is 84.4 Å². The van der Waals surface area contributed by atoms with Crippen LogP contribution in [0.25, 0.3) is 0 Å². The Morgan fingerprint density at radius 2 is 1.88 bits per heavy atom. The lowest BCUT2D eigenvalue weighted by Crippen LogP contribution is -2.43. The van der Waals surface area contributed by atoms with Gasteiger partial charge in [0.25, 0.3) is 0 Å². The summed E-state index contributed by atoms with van der Waals surface area (Å²) in [5, 5.41) is 2.99. The summed E-state index contributed by atoms with van der Waals surface area (Å²) >= 11 is 0. The molecule has 3 heterocycles. The van der Waals surface area contributed by atoms with Crippen molar-refractivity contribution in [2.24, 2.45) is 5.92 Å². The number of carbonyl (C=O) groups excluding carboxylic acids is 2. The van der Waals surface area contributed by atoms with Gasteiger partial charge in [-0.1, -0.05) is 12.1 Å². The van der Waals surface area contributed by atoms with Gasteiger partial charge in [0.15, 0.2) is 5.75 Å². The van der Waals surface area contributed by atoms with E-state index in [9.17, 15) is 9.59 Å². The lowest BCUT2D eigenvalue weighted by molar-refractivity contribution is -0.134. The van der Waals surface area contributed by atoms with E-state index in [1.807, 2.05) is 41.3 Å². The van der Waals surface area contributed by atoms with E-state index in [-0.39, 0.29) is 17.7 Å². The number of aryl methyl sites for hydroxylation is 1. The van der Waals surface area contributed by atoms with Crippen LogP contribution in [0.1, 0.15) is 24.8 Å². The quantitative estimate of drug-likeness (QED) is 0.611. The van der Waals surface area contributed by atoms with Crippen LogP contribution >= 0.6 is 0 Å². The fourth-order valence-corrected chi connectivity index (χ4v) is 3.80. The molecular formula is C25H26N4O3. The second kappa shape index (κ2) is 10.5. The van der Waals surface area contributed by atoms with Crippen LogP contribution in [0.2, 0.25) is 0 Å². The molecule has 1 aliphatic rings. The third-order valence-corrected chi connectivity index (χ3v) is 5.53. The number of amides is 2. The number of likely N-dealkylation sites (tertiary alicyclic amines) is 1. The maximum Gasteiger partial charge on any atom is 0.229 e. The van der Waals surface area contributed by atoms with E-state index < -0.39 is 0 Å². The van der Waals surface area contributed by atoms with Gasteiger partial charge in [0, 0.05) is 38.1 Å². The second-order valence-corrected chi connectivity index (χ2v) is 7.81. The van der Waals surface area contributed by atoms with Crippen LogP contribution in [0, 0.1) is 5.92 Å². The first-order valence-electron chi connectivity index (χ1n) is 10.8. The van der Waals surface area contributed by atoms with Crippen molar-refractivity contribution in [3.05, 3.63) is 78.9 Å². The van der Waals surface area contributed by atoms with Crippen molar-refractivity contribution in [3.63, 3.8) is 0 Å². The van der Waals surface area contributed by atoms with E-state index >= 15 is 0 Å². The number of carbonyl (C=O) groups is 2. The SMILES string of the molecule is O=C(Nc1ccccc1Oc1cccnc1)C1CCCN(C(=O)CCc2ccncc2)C1. The lowest BCUT2D eigenvalue weighted by Gasteiger charge is -2.32. The smallest absolute Gasteiger partial charge is 0.229 e. The molecule has 0 bridgehead atoms. The van der Waals surface area contributed by atoms with Crippen LogP contribution < -0.4 is 10.1 Å². The van der Waals surface area contributed by atoms with Gasteiger partial charge >= 0.3 is 0 Å². The molecule has 1 aliphatic heterocycles. The molecule has 0 saturated carbocycles. The molecule has 0 radical (unpaired) electrons. The number of nitrogens with zero attached hydrogens (tertiary/aromatic N) is 3. The van der Waals surface area contributed by atoms with Gasteiger partial charge in [0.1, 0.15) is 5.75 Å². The molecule has 1 saturated heterocycles. The van der Waals surface area contributed by atoms with Crippen LogP contribution in [-0.2, 0) is 16.0 Å². The predicted octanol–water partition coefficient (Wildman–Crippen LogP) is 4.08.